The average molecular weight is 319 g/mol. The fraction of sp³-hybridized carbons (Fsp3) is 0.684. The molecule has 130 valence electrons. The Bertz CT molecular complexity index is 590. The van der Waals surface area contributed by atoms with Gasteiger partial charge in [0.25, 0.3) is 0 Å². The molecule has 23 heavy (non-hydrogen) atoms. The minimum Gasteiger partial charge on any atom is -0.475 e. The molecule has 0 saturated heterocycles. The Balaban J connectivity index is 0.00000127. The lowest BCUT2D eigenvalue weighted by Gasteiger charge is -2.10. The summed E-state index contributed by atoms with van der Waals surface area (Å²) in [6.07, 6.45) is 9.02. The third kappa shape index (κ3) is 5.52. The molecule has 1 atom stereocenters. The van der Waals surface area contributed by atoms with Crippen molar-refractivity contribution in [2.75, 3.05) is 0 Å². The normalized spacial score (nSPS) is 12.2. The largest absolute Gasteiger partial charge is 0.475 e. The summed E-state index contributed by atoms with van der Waals surface area (Å²) >= 11 is 0. The van der Waals surface area contributed by atoms with Gasteiger partial charge in [-0.1, -0.05) is 47.0 Å². The highest BCUT2D eigenvalue weighted by molar-refractivity contribution is 5.37. The molecule has 2 rings (SSSR count). The van der Waals surface area contributed by atoms with Crippen molar-refractivity contribution in [2.45, 2.75) is 80.3 Å². The predicted octanol–water partition coefficient (Wildman–Crippen LogP) is 5.22. The van der Waals surface area contributed by atoms with Gasteiger partial charge in [0.15, 0.2) is 0 Å². The van der Waals surface area contributed by atoms with Gasteiger partial charge in [0.2, 0.25) is 11.7 Å². The van der Waals surface area contributed by atoms with Crippen LogP contribution < -0.4 is 4.74 Å². The molecule has 0 bridgehead atoms. The summed E-state index contributed by atoms with van der Waals surface area (Å²) in [4.78, 5) is 9.21. The molecule has 0 aliphatic carbocycles. The van der Waals surface area contributed by atoms with E-state index in [0.717, 1.165) is 23.5 Å². The lowest BCUT2D eigenvalue weighted by atomic mass is 9.96. The second-order valence-electron chi connectivity index (χ2n) is 6.10. The van der Waals surface area contributed by atoms with Crippen molar-refractivity contribution in [3.8, 4) is 5.88 Å². The van der Waals surface area contributed by atoms with E-state index in [1.165, 1.54) is 19.3 Å². The summed E-state index contributed by atoms with van der Waals surface area (Å²) in [7, 11) is 0. The van der Waals surface area contributed by atoms with Crippen molar-refractivity contribution < 1.29 is 4.74 Å². The van der Waals surface area contributed by atoms with E-state index in [1.807, 2.05) is 39.0 Å². The van der Waals surface area contributed by atoms with Gasteiger partial charge in [-0.2, -0.15) is 4.98 Å². The first-order valence-corrected chi connectivity index (χ1v) is 9.05. The van der Waals surface area contributed by atoms with Crippen LogP contribution in [0.15, 0.2) is 12.4 Å². The van der Waals surface area contributed by atoms with Crippen LogP contribution in [0.3, 0.4) is 0 Å². The maximum atomic E-state index is 5.74. The van der Waals surface area contributed by atoms with Crippen LogP contribution >= 0.6 is 0 Å². The maximum absolute atomic E-state index is 5.74. The molecular weight excluding hydrogens is 286 g/mol. The van der Waals surface area contributed by atoms with Gasteiger partial charge >= 0.3 is 0 Å². The zero-order chi connectivity index (χ0) is 17.4. The molecule has 0 N–H and O–H groups in total. The van der Waals surface area contributed by atoms with Crippen molar-refractivity contribution in [3.05, 3.63) is 23.7 Å². The van der Waals surface area contributed by atoms with Gasteiger partial charge < -0.3 is 4.74 Å². The third-order valence-electron chi connectivity index (χ3n) is 3.75. The van der Waals surface area contributed by atoms with Crippen molar-refractivity contribution >= 4 is 5.78 Å². The van der Waals surface area contributed by atoms with Crippen LogP contribution in [0.4, 0.5) is 0 Å². The van der Waals surface area contributed by atoms with E-state index >= 15 is 0 Å². The molecule has 0 radical (unpaired) electrons. The number of rotatable bonds is 7. The molecule has 0 aliphatic heterocycles. The van der Waals surface area contributed by atoms with E-state index in [1.54, 1.807) is 0 Å². The molecule has 0 aliphatic rings. The van der Waals surface area contributed by atoms with E-state index in [0.29, 0.717) is 11.8 Å². The number of aryl methyl sites for hydroxylation is 1. The summed E-state index contributed by atoms with van der Waals surface area (Å²) in [5.41, 5.74) is 2.17. The molecule has 2 aromatic rings. The van der Waals surface area contributed by atoms with Gasteiger partial charge in [0.05, 0.1) is 11.8 Å². The Kier molecular flexibility index (Phi) is 8.07. The molecule has 4 nitrogen and oxygen atoms in total. The standard InChI is InChI=1S/C17H27N3O.C2H6/c1-6-8-14(7-2)9-15-11-20-10-13(5)16(21-12(3)4)19-17(20)18-15;1-2/h10-12,14H,6-9H2,1-5H3;1-2H3. The Morgan fingerprint density at radius 2 is 1.83 bits per heavy atom. The van der Waals surface area contributed by atoms with E-state index < -0.39 is 0 Å². The molecule has 2 aromatic heterocycles. The quantitative estimate of drug-likeness (QED) is 0.702. The number of hydrogen-bond acceptors (Lipinski definition) is 3. The van der Waals surface area contributed by atoms with Crippen LogP contribution in [0.25, 0.3) is 5.78 Å². The molecule has 0 amide bonds. The van der Waals surface area contributed by atoms with Gasteiger partial charge in [-0.15, -0.1) is 0 Å². The molecule has 2 heterocycles. The average Bonchev–Trinajstić information content (AvgIpc) is 2.90. The highest BCUT2D eigenvalue weighted by atomic mass is 16.5. The summed E-state index contributed by atoms with van der Waals surface area (Å²) < 4.78 is 7.75. The number of imidazole rings is 1. The monoisotopic (exact) mass is 319 g/mol. The van der Waals surface area contributed by atoms with Crippen LogP contribution in [0.5, 0.6) is 5.88 Å². The Hall–Kier alpha value is -1.58. The van der Waals surface area contributed by atoms with Gasteiger partial charge in [-0.05, 0) is 33.1 Å². The Morgan fingerprint density at radius 1 is 1.13 bits per heavy atom. The zero-order valence-electron chi connectivity index (χ0n) is 15.9. The van der Waals surface area contributed by atoms with Gasteiger partial charge in [0, 0.05) is 18.0 Å². The summed E-state index contributed by atoms with van der Waals surface area (Å²) in [6, 6.07) is 0. The smallest absolute Gasteiger partial charge is 0.237 e. The van der Waals surface area contributed by atoms with Crippen LogP contribution in [-0.4, -0.2) is 20.5 Å². The number of ether oxygens (including phenoxy) is 1. The van der Waals surface area contributed by atoms with Crippen LogP contribution in [0.1, 0.15) is 72.1 Å². The van der Waals surface area contributed by atoms with Crippen LogP contribution in [0.2, 0.25) is 0 Å². The maximum Gasteiger partial charge on any atom is 0.237 e. The second-order valence-corrected chi connectivity index (χ2v) is 6.10. The fourth-order valence-electron chi connectivity index (χ4n) is 2.65. The van der Waals surface area contributed by atoms with Crippen LogP contribution in [0, 0.1) is 12.8 Å². The van der Waals surface area contributed by atoms with E-state index in [2.05, 4.69) is 36.2 Å². The highest BCUT2D eigenvalue weighted by Gasteiger charge is 2.12. The molecule has 0 saturated carbocycles. The third-order valence-corrected chi connectivity index (χ3v) is 3.75. The first-order chi connectivity index (χ1) is 11.0. The second kappa shape index (κ2) is 9.53. The predicted molar refractivity (Wildman–Crippen MR) is 97.2 cm³/mol. The first kappa shape index (κ1) is 19.5. The van der Waals surface area contributed by atoms with Crippen molar-refractivity contribution in [3.63, 3.8) is 0 Å². The van der Waals surface area contributed by atoms with E-state index in [-0.39, 0.29) is 6.10 Å². The van der Waals surface area contributed by atoms with Gasteiger partial charge in [-0.3, -0.25) is 4.40 Å². The summed E-state index contributed by atoms with van der Waals surface area (Å²) in [6.45, 7) is 14.5. The van der Waals surface area contributed by atoms with E-state index in [4.69, 9.17) is 4.74 Å². The van der Waals surface area contributed by atoms with Crippen molar-refractivity contribution in [1.82, 2.24) is 14.4 Å². The molecule has 0 aromatic carbocycles. The van der Waals surface area contributed by atoms with Crippen LogP contribution in [-0.2, 0) is 6.42 Å². The SMILES string of the molecule is CC.CCCC(CC)Cc1cn2cc(C)c(OC(C)C)nc2n1. The molecular formula is C19H33N3O. The Morgan fingerprint density at radius 3 is 2.39 bits per heavy atom. The first-order valence-electron chi connectivity index (χ1n) is 9.05. The Labute approximate surface area is 141 Å². The molecule has 0 spiro atoms. The zero-order valence-corrected chi connectivity index (χ0v) is 15.9. The lowest BCUT2D eigenvalue weighted by Crippen LogP contribution is -2.09. The van der Waals surface area contributed by atoms with E-state index in [9.17, 15) is 0 Å². The molecule has 4 heteroatoms. The lowest BCUT2D eigenvalue weighted by molar-refractivity contribution is 0.231. The number of fused-ring (bicyclic) bond motifs is 1. The minimum atomic E-state index is 0.127. The number of nitrogens with zero attached hydrogens (tertiary/aromatic N) is 3. The topological polar surface area (TPSA) is 39.4 Å². The van der Waals surface area contributed by atoms with Gasteiger partial charge in [-0.25, -0.2) is 4.98 Å². The molecule has 1 unspecified atom stereocenters. The fourth-order valence-corrected chi connectivity index (χ4v) is 2.65. The highest BCUT2D eigenvalue weighted by Crippen LogP contribution is 2.20. The van der Waals surface area contributed by atoms with Gasteiger partial charge in [0.1, 0.15) is 0 Å². The number of aromatic nitrogens is 3. The summed E-state index contributed by atoms with van der Waals surface area (Å²) in [5, 5.41) is 0. The van der Waals surface area contributed by atoms with Crippen molar-refractivity contribution in [1.29, 1.82) is 0 Å². The minimum absolute atomic E-state index is 0.127. The number of hydrogen-bond donors (Lipinski definition) is 0. The molecule has 0 fully saturated rings. The van der Waals surface area contributed by atoms with Crippen molar-refractivity contribution in [2.24, 2.45) is 5.92 Å². The summed E-state index contributed by atoms with van der Waals surface area (Å²) in [5.74, 6) is 2.14.